The van der Waals surface area contributed by atoms with Gasteiger partial charge in [0.15, 0.2) is 0 Å². The first-order chi connectivity index (χ1) is 15.8. The number of halogens is 3. The number of nitrogens with zero attached hydrogens (tertiary/aromatic N) is 5. The summed E-state index contributed by atoms with van der Waals surface area (Å²) < 4.78 is 40.2. The van der Waals surface area contributed by atoms with E-state index in [1.807, 2.05) is 43.0 Å². The number of piperazine rings is 1. The van der Waals surface area contributed by atoms with E-state index in [2.05, 4.69) is 20.6 Å². The Bertz CT molecular complexity index is 1110. The number of hydrogen-bond acceptors (Lipinski definition) is 7. The van der Waals surface area contributed by atoms with E-state index in [0.717, 1.165) is 22.9 Å². The molecule has 1 aliphatic rings. The number of alkyl halides is 3. The molecule has 7 nitrogen and oxygen atoms in total. The molecular formula is C23H26F3N7. The minimum Gasteiger partial charge on any atom is -0.373 e. The zero-order chi connectivity index (χ0) is 23.6. The van der Waals surface area contributed by atoms with Crippen molar-refractivity contribution >= 4 is 29.1 Å². The van der Waals surface area contributed by atoms with Crippen LogP contribution in [0.5, 0.6) is 0 Å². The van der Waals surface area contributed by atoms with Gasteiger partial charge in [0.2, 0.25) is 5.95 Å². The van der Waals surface area contributed by atoms with Gasteiger partial charge in [-0.3, -0.25) is 0 Å². The largest absolute Gasteiger partial charge is 0.419 e. The Labute approximate surface area is 190 Å². The first-order valence-corrected chi connectivity index (χ1v) is 10.7. The summed E-state index contributed by atoms with van der Waals surface area (Å²) in [7, 11) is 1.80. The lowest BCUT2D eigenvalue weighted by Gasteiger charge is -2.36. The topological polar surface area (TPSA) is 69.2 Å². The van der Waals surface area contributed by atoms with Gasteiger partial charge in [0.25, 0.3) is 0 Å². The molecule has 1 fully saturated rings. The average Bonchev–Trinajstić information content (AvgIpc) is 2.81. The molecule has 2 aromatic heterocycles. The van der Waals surface area contributed by atoms with Gasteiger partial charge >= 0.3 is 6.18 Å². The van der Waals surface area contributed by atoms with E-state index in [4.69, 9.17) is 4.98 Å². The molecule has 174 valence electrons. The number of nitrogens with one attached hydrogen (secondary N) is 2. The Morgan fingerprint density at radius 2 is 1.52 bits per heavy atom. The summed E-state index contributed by atoms with van der Waals surface area (Å²) in [6.07, 6.45) is -3.05. The van der Waals surface area contributed by atoms with Crippen molar-refractivity contribution in [2.75, 3.05) is 53.7 Å². The molecule has 33 heavy (non-hydrogen) atoms. The Kier molecular flexibility index (Phi) is 6.26. The molecule has 1 aromatic carbocycles. The number of aryl methyl sites for hydroxylation is 1. The first kappa shape index (κ1) is 22.6. The summed E-state index contributed by atoms with van der Waals surface area (Å²) in [6, 6.07) is 10.4. The van der Waals surface area contributed by atoms with Crippen LogP contribution in [0.3, 0.4) is 0 Å². The van der Waals surface area contributed by atoms with Gasteiger partial charge in [-0.05, 0) is 38.1 Å². The molecule has 0 saturated carbocycles. The van der Waals surface area contributed by atoms with Crippen molar-refractivity contribution in [3.63, 3.8) is 0 Å². The second kappa shape index (κ2) is 9.13. The Balaban J connectivity index is 1.54. The van der Waals surface area contributed by atoms with Crippen LogP contribution in [0.15, 0.2) is 42.6 Å². The van der Waals surface area contributed by atoms with E-state index < -0.39 is 11.7 Å². The van der Waals surface area contributed by atoms with Crippen LogP contribution in [0.2, 0.25) is 0 Å². The highest BCUT2D eigenvalue weighted by Crippen LogP contribution is 2.35. The summed E-state index contributed by atoms with van der Waals surface area (Å²) >= 11 is 0. The maximum absolute atomic E-state index is 13.4. The van der Waals surface area contributed by atoms with Crippen LogP contribution < -0.4 is 20.4 Å². The summed E-state index contributed by atoms with van der Waals surface area (Å²) in [5.74, 6) is 1.87. The molecule has 0 amide bonds. The molecule has 2 N–H and O–H groups in total. The Morgan fingerprint density at radius 1 is 0.879 bits per heavy atom. The van der Waals surface area contributed by atoms with Crippen molar-refractivity contribution in [1.82, 2.24) is 15.0 Å². The number of pyridine rings is 1. The van der Waals surface area contributed by atoms with Gasteiger partial charge < -0.3 is 20.4 Å². The van der Waals surface area contributed by atoms with Crippen LogP contribution in [-0.4, -0.2) is 48.2 Å². The lowest BCUT2D eigenvalue weighted by atomic mass is 10.2. The lowest BCUT2D eigenvalue weighted by Crippen LogP contribution is -2.48. The second-order valence-electron chi connectivity index (χ2n) is 7.93. The van der Waals surface area contributed by atoms with Gasteiger partial charge in [-0.15, -0.1) is 0 Å². The maximum atomic E-state index is 13.4. The molecule has 4 rings (SSSR count). The summed E-state index contributed by atoms with van der Waals surface area (Å²) in [5.41, 5.74) is 2.24. The number of benzene rings is 1. The smallest absolute Gasteiger partial charge is 0.373 e. The summed E-state index contributed by atoms with van der Waals surface area (Å²) in [4.78, 5) is 17.0. The molecular weight excluding hydrogens is 431 g/mol. The first-order valence-electron chi connectivity index (χ1n) is 10.7. The monoisotopic (exact) mass is 457 g/mol. The standard InChI is InChI=1S/C23H26F3N7/c1-15-6-8-17(9-7-15)29-20-16(2)19(27-3)30-22(31-20)33-13-11-32(12-14-33)21-18(23(24,25)26)5-4-10-28-21/h4-10H,11-14H2,1-3H3,(H2,27,29,30,31). The highest BCUT2D eigenvalue weighted by atomic mass is 19.4. The van der Waals surface area contributed by atoms with E-state index in [-0.39, 0.29) is 5.82 Å². The number of rotatable bonds is 5. The Morgan fingerprint density at radius 3 is 2.15 bits per heavy atom. The quantitative estimate of drug-likeness (QED) is 0.579. The van der Waals surface area contributed by atoms with E-state index in [1.165, 1.54) is 12.3 Å². The third kappa shape index (κ3) is 4.94. The summed E-state index contributed by atoms with van der Waals surface area (Å²) in [5, 5.41) is 6.45. The van der Waals surface area contributed by atoms with Crippen molar-refractivity contribution in [2.45, 2.75) is 20.0 Å². The molecule has 3 aromatic rings. The molecule has 1 aliphatic heterocycles. The van der Waals surface area contributed by atoms with Crippen molar-refractivity contribution < 1.29 is 13.2 Å². The van der Waals surface area contributed by atoms with Crippen LogP contribution >= 0.6 is 0 Å². The van der Waals surface area contributed by atoms with Crippen LogP contribution in [0, 0.1) is 13.8 Å². The fraction of sp³-hybridized carbons (Fsp3) is 0.348. The van der Waals surface area contributed by atoms with Crippen LogP contribution in [0.1, 0.15) is 16.7 Å². The minimum absolute atomic E-state index is 0.0351. The zero-order valence-corrected chi connectivity index (χ0v) is 18.7. The molecule has 0 unspecified atom stereocenters. The highest BCUT2D eigenvalue weighted by molar-refractivity contribution is 5.67. The Hall–Kier alpha value is -3.56. The molecule has 0 bridgehead atoms. The third-order valence-electron chi connectivity index (χ3n) is 5.64. The fourth-order valence-electron chi connectivity index (χ4n) is 3.77. The van der Waals surface area contributed by atoms with Crippen molar-refractivity contribution in [3.05, 3.63) is 59.3 Å². The minimum atomic E-state index is -4.45. The SMILES string of the molecule is CNc1nc(N2CCN(c3ncccc3C(F)(F)F)CC2)nc(Nc2ccc(C)cc2)c1C. The highest BCUT2D eigenvalue weighted by Gasteiger charge is 2.36. The average molecular weight is 458 g/mol. The van der Waals surface area contributed by atoms with E-state index in [9.17, 15) is 13.2 Å². The van der Waals surface area contributed by atoms with Gasteiger partial charge in [0.05, 0.1) is 5.56 Å². The summed E-state index contributed by atoms with van der Waals surface area (Å²) in [6.45, 7) is 5.68. The van der Waals surface area contributed by atoms with Crippen molar-refractivity contribution in [2.24, 2.45) is 0 Å². The molecule has 0 radical (unpaired) electrons. The number of aromatic nitrogens is 3. The molecule has 10 heteroatoms. The van der Waals surface area contributed by atoms with Crippen LogP contribution in [-0.2, 0) is 6.18 Å². The van der Waals surface area contributed by atoms with Gasteiger partial charge in [0, 0.05) is 50.7 Å². The van der Waals surface area contributed by atoms with E-state index in [1.54, 1.807) is 11.9 Å². The predicted molar refractivity (Wildman–Crippen MR) is 124 cm³/mol. The predicted octanol–water partition coefficient (Wildman–Crippen LogP) is 4.62. The molecule has 0 atom stereocenters. The van der Waals surface area contributed by atoms with Gasteiger partial charge in [-0.1, -0.05) is 17.7 Å². The molecule has 3 heterocycles. The third-order valence-corrected chi connectivity index (χ3v) is 5.64. The van der Waals surface area contributed by atoms with Gasteiger partial charge in [-0.25, -0.2) is 4.98 Å². The van der Waals surface area contributed by atoms with Gasteiger partial charge in [-0.2, -0.15) is 23.1 Å². The van der Waals surface area contributed by atoms with Crippen molar-refractivity contribution in [1.29, 1.82) is 0 Å². The molecule has 1 saturated heterocycles. The van der Waals surface area contributed by atoms with E-state index in [0.29, 0.717) is 43.8 Å². The normalized spacial score (nSPS) is 14.4. The molecule has 0 spiro atoms. The molecule has 0 aliphatic carbocycles. The number of hydrogen-bond donors (Lipinski definition) is 2. The second-order valence-corrected chi connectivity index (χ2v) is 7.93. The van der Waals surface area contributed by atoms with Crippen molar-refractivity contribution in [3.8, 4) is 0 Å². The van der Waals surface area contributed by atoms with Crippen LogP contribution in [0.4, 0.5) is 42.3 Å². The van der Waals surface area contributed by atoms with E-state index >= 15 is 0 Å². The lowest BCUT2D eigenvalue weighted by molar-refractivity contribution is -0.137. The zero-order valence-electron chi connectivity index (χ0n) is 18.7. The van der Waals surface area contributed by atoms with Gasteiger partial charge in [0.1, 0.15) is 17.5 Å². The van der Waals surface area contributed by atoms with Crippen LogP contribution in [0.25, 0.3) is 0 Å². The fourth-order valence-corrected chi connectivity index (χ4v) is 3.77. The maximum Gasteiger partial charge on any atom is 0.419 e. The number of anilines is 5.